The second-order valence-electron chi connectivity index (χ2n) is 6.90. The number of ether oxygens (including phenoxy) is 1. The van der Waals surface area contributed by atoms with Gasteiger partial charge in [0.2, 0.25) is 0 Å². The number of fused-ring (bicyclic) bond motifs is 2. The number of hydrogen-bond acceptors (Lipinski definition) is 6. The van der Waals surface area contributed by atoms with E-state index in [9.17, 15) is 0 Å². The van der Waals surface area contributed by atoms with Crippen LogP contribution in [0.1, 0.15) is 18.5 Å². The number of imidazole rings is 1. The van der Waals surface area contributed by atoms with E-state index in [0.717, 1.165) is 58.6 Å². The van der Waals surface area contributed by atoms with E-state index in [1.807, 2.05) is 25.3 Å². The van der Waals surface area contributed by atoms with E-state index in [-0.39, 0.29) is 6.04 Å². The van der Waals surface area contributed by atoms with Crippen molar-refractivity contribution in [3.05, 3.63) is 48.8 Å². The number of aryl methyl sites for hydroxylation is 1. The number of pyridine rings is 1. The van der Waals surface area contributed by atoms with Crippen molar-refractivity contribution in [1.29, 1.82) is 0 Å². The molecular formula is C20H20N6O. The molecule has 7 nitrogen and oxygen atoms in total. The van der Waals surface area contributed by atoms with Crippen LogP contribution in [0.25, 0.3) is 21.9 Å². The van der Waals surface area contributed by atoms with E-state index >= 15 is 0 Å². The molecule has 0 amide bonds. The van der Waals surface area contributed by atoms with Crippen LogP contribution in [0.5, 0.6) is 5.75 Å². The maximum absolute atomic E-state index is 6.26. The molecule has 4 heterocycles. The lowest BCUT2D eigenvalue weighted by Crippen LogP contribution is -2.35. The summed E-state index contributed by atoms with van der Waals surface area (Å²) in [4.78, 5) is 22.9. The summed E-state index contributed by atoms with van der Waals surface area (Å²) in [6.07, 6.45) is 7.34. The van der Waals surface area contributed by atoms with Crippen LogP contribution in [-0.4, -0.2) is 44.1 Å². The van der Waals surface area contributed by atoms with Crippen molar-refractivity contribution >= 4 is 27.8 Å². The fraction of sp³-hybridized carbons (Fsp3) is 0.300. The van der Waals surface area contributed by atoms with Gasteiger partial charge in [-0.05, 0) is 31.9 Å². The summed E-state index contributed by atoms with van der Waals surface area (Å²) in [5.41, 5.74) is 2.57. The molecule has 1 unspecified atom stereocenters. The molecule has 0 radical (unpaired) electrons. The number of aromatic amines is 1. The number of H-pyrrole nitrogens is 1. The van der Waals surface area contributed by atoms with Gasteiger partial charge >= 0.3 is 0 Å². The lowest BCUT2D eigenvalue weighted by atomic mass is 10.1. The third kappa shape index (κ3) is 2.85. The third-order valence-corrected chi connectivity index (χ3v) is 5.14. The molecule has 27 heavy (non-hydrogen) atoms. The molecule has 0 aliphatic carbocycles. The summed E-state index contributed by atoms with van der Waals surface area (Å²) in [7, 11) is 0. The van der Waals surface area contributed by atoms with Gasteiger partial charge in [-0.3, -0.25) is 4.98 Å². The summed E-state index contributed by atoms with van der Waals surface area (Å²) >= 11 is 0. The summed E-state index contributed by atoms with van der Waals surface area (Å²) in [6.45, 7) is 3.56. The summed E-state index contributed by atoms with van der Waals surface area (Å²) in [5.74, 6) is 1.78. The van der Waals surface area contributed by atoms with E-state index in [4.69, 9.17) is 4.74 Å². The van der Waals surface area contributed by atoms with Crippen molar-refractivity contribution < 1.29 is 4.74 Å². The first kappa shape index (κ1) is 16.0. The third-order valence-electron chi connectivity index (χ3n) is 5.14. The van der Waals surface area contributed by atoms with Crippen LogP contribution < -0.4 is 9.64 Å². The molecule has 1 saturated heterocycles. The van der Waals surface area contributed by atoms with E-state index in [1.54, 1.807) is 12.7 Å². The average Bonchev–Trinajstić information content (AvgIpc) is 3.35. The van der Waals surface area contributed by atoms with Gasteiger partial charge in [-0.15, -0.1) is 0 Å². The largest absolute Gasteiger partial charge is 0.491 e. The second-order valence-corrected chi connectivity index (χ2v) is 6.90. The minimum atomic E-state index is 0.262. The number of aromatic nitrogens is 5. The van der Waals surface area contributed by atoms with Crippen LogP contribution >= 0.6 is 0 Å². The Morgan fingerprint density at radius 3 is 3.15 bits per heavy atom. The molecule has 4 aromatic rings. The maximum atomic E-state index is 6.26. The van der Waals surface area contributed by atoms with Gasteiger partial charge in [0, 0.05) is 29.2 Å². The molecule has 1 atom stereocenters. The number of benzene rings is 1. The summed E-state index contributed by atoms with van der Waals surface area (Å²) in [6, 6.07) is 8.44. The molecule has 0 spiro atoms. The highest BCUT2D eigenvalue weighted by Crippen LogP contribution is 2.30. The van der Waals surface area contributed by atoms with Gasteiger partial charge in [-0.2, -0.15) is 0 Å². The monoisotopic (exact) mass is 360 g/mol. The molecule has 3 aromatic heterocycles. The average molecular weight is 360 g/mol. The molecule has 1 aromatic carbocycles. The van der Waals surface area contributed by atoms with E-state index in [2.05, 4.69) is 42.0 Å². The smallest absolute Gasteiger partial charge is 0.162 e. The zero-order valence-electron chi connectivity index (χ0n) is 15.1. The van der Waals surface area contributed by atoms with Crippen molar-refractivity contribution in [2.45, 2.75) is 25.8 Å². The molecule has 1 fully saturated rings. The first-order valence-electron chi connectivity index (χ1n) is 9.18. The summed E-state index contributed by atoms with van der Waals surface area (Å²) < 4.78 is 6.26. The number of rotatable bonds is 4. The van der Waals surface area contributed by atoms with Gasteiger partial charge in [-0.1, -0.05) is 12.1 Å². The number of nitrogens with zero attached hydrogens (tertiary/aromatic N) is 5. The van der Waals surface area contributed by atoms with Crippen LogP contribution in [-0.2, 0) is 0 Å². The minimum Gasteiger partial charge on any atom is -0.491 e. The lowest BCUT2D eigenvalue weighted by molar-refractivity contribution is 0.291. The standard InChI is InChI=1S/C20H20N6O/c1-13-8-16-14(9-21-13)4-2-6-17(16)27-10-15-5-3-7-26(15)20-18-19(23-11-22-18)24-12-25-20/h2,4,6,8-9,11-12,15H,3,5,7,10H2,1H3,(H,22,23,24,25). The molecule has 0 saturated carbocycles. The fourth-order valence-corrected chi connectivity index (χ4v) is 3.81. The SMILES string of the molecule is Cc1cc2c(OCC3CCCN3c3ncnc4[nH]cnc34)cccc2cn1. The first-order chi connectivity index (χ1) is 13.3. The minimum absolute atomic E-state index is 0.262. The van der Waals surface area contributed by atoms with Crippen molar-refractivity contribution in [3.8, 4) is 5.75 Å². The van der Waals surface area contributed by atoms with E-state index < -0.39 is 0 Å². The normalized spacial score (nSPS) is 17.1. The highest BCUT2D eigenvalue weighted by molar-refractivity contribution is 5.88. The Morgan fingerprint density at radius 1 is 1.22 bits per heavy atom. The van der Waals surface area contributed by atoms with Gasteiger partial charge in [-0.25, -0.2) is 15.0 Å². The Hall–Kier alpha value is -3.22. The van der Waals surface area contributed by atoms with Crippen LogP contribution in [0.4, 0.5) is 5.82 Å². The van der Waals surface area contributed by atoms with Crippen LogP contribution in [0.3, 0.4) is 0 Å². The van der Waals surface area contributed by atoms with Crippen LogP contribution in [0, 0.1) is 6.92 Å². The molecule has 1 N–H and O–H groups in total. The van der Waals surface area contributed by atoms with Gasteiger partial charge in [0.25, 0.3) is 0 Å². The van der Waals surface area contributed by atoms with Gasteiger partial charge in [0.05, 0.1) is 12.4 Å². The van der Waals surface area contributed by atoms with Crippen molar-refractivity contribution in [1.82, 2.24) is 24.9 Å². The Bertz CT molecular complexity index is 1110. The fourth-order valence-electron chi connectivity index (χ4n) is 3.81. The molecule has 136 valence electrons. The zero-order chi connectivity index (χ0) is 18.2. The Balaban J connectivity index is 1.41. The Labute approximate surface area is 156 Å². The number of nitrogens with one attached hydrogen (secondary N) is 1. The van der Waals surface area contributed by atoms with Crippen molar-refractivity contribution in [2.24, 2.45) is 0 Å². The van der Waals surface area contributed by atoms with Gasteiger partial charge < -0.3 is 14.6 Å². The van der Waals surface area contributed by atoms with E-state index in [0.29, 0.717) is 6.61 Å². The Morgan fingerprint density at radius 2 is 2.19 bits per heavy atom. The highest BCUT2D eigenvalue weighted by Gasteiger charge is 2.28. The first-order valence-corrected chi connectivity index (χ1v) is 9.18. The van der Waals surface area contributed by atoms with E-state index in [1.165, 1.54) is 0 Å². The second kappa shape index (κ2) is 6.50. The zero-order valence-corrected chi connectivity index (χ0v) is 15.1. The number of hydrogen-bond donors (Lipinski definition) is 1. The highest BCUT2D eigenvalue weighted by atomic mass is 16.5. The Kier molecular flexibility index (Phi) is 3.85. The van der Waals surface area contributed by atoms with Gasteiger partial charge in [0.15, 0.2) is 11.5 Å². The topological polar surface area (TPSA) is 79.8 Å². The summed E-state index contributed by atoms with van der Waals surface area (Å²) in [5, 5.41) is 2.20. The van der Waals surface area contributed by atoms with Crippen LogP contribution in [0.2, 0.25) is 0 Å². The van der Waals surface area contributed by atoms with Gasteiger partial charge in [0.1, 0.15) is 24.2 Å². The predicted octanol–water partition coefficient (Wildman–Crippen LogP) is 3.26. The lowest BCUT2D eigenvalue weighted by Gasteiger charge is -2.26. The number of anilines is 1. The molecule has 5 rings (SSSR count). The van der Waals surface area contributed by atoms with Crippen LogP contribution in [0.15, 0.2) is 43.1 Å². The van der Waals surface area contributed by atoms with Crippen molar-refractivity contribution in [2.75, 3.05) is 18.1 Å². The molecule has 1 aliphatic rings. The molecular weight excluding hydrogens is 340 g/mol. The quantitative estimate of drug-likeness (QED) is 0.602. The van der Waals surface area contributed by atoms with Crippen molar-refractivity contribution in [3.63, 3.8) is 0 Å². The molecule has 0 bridgehead atoms. The molecule has 1 aliphatic heterocycles. The predicted molar refractivity (Wildman–Crippen MR) is 104 cm³/mol. The maximum Gasteiger partial charge on any atom is 0.162 e. The molecule has 7 heteroatoms.